The van der Waals surface area contributed by atoms with E-state index in [1.165, 1.54) is 11.1 Å². The van der Waals surface area contributed by atoms with Gasteiger partial charge in [-0.05, 0) is 16.7 Å². The molecule has 0 spiro atoms. The van der Waals surface area contributed by atoms with Crippen LogP contribution in [-0.2, 0) is 4.79 Å². The van der Waals surface area contributed by atoms with Crippen LogP contribution in [0.5, 0.6) is 0 Å². The van der Waals surface area contributed by atoms with Crippen LogP contribution in [0.2, 0.25) is 0 Å². The van der Waals surface area contributed by atoms with E-state index >= 15 is 0 Å². The molecule has 94 valence electrons. The maximum absolute atomic E-state index is 12.2. The number of hydrogen-bond acceptors (Lipinski definition) is 3. The second-order valence-corrected chi connectivity index (χ2v) is 4.82. The Kier molecular flexibility index (Phi) is 2.89. The molecule has 0 aliphatic carbocycles. The van der Waals surface area contributed by atoms with Gasteiger partial charge in [-0.25, -0.2) is 0 Å². The van der Waals surface area contributed by atoms with Crippen molar-refractivity contribution in [1.82, 2.24) is 10.2 Å². The molecule has 4 heteroatoms. The maximum Gasteiger partial charge on any atom is 0.256 e. The Labute approximate surface area is 106 Å². The molecule has 2 heterocycles. The van der Waals surface area contributed by atoms with E-state index in [1.807, 2.05) is 18.2 Å². The molecule has 1 aromatic carbocycles. The number of aliphatic hydroxyl groups is 1. The van der Waals surface area contributed by atoms with Crippen LogP contribution in [-0.4, -0.2) is 42.1 Å². The zero-order valence-corrected chi connectivity index (χ0v) is 10.1. The SMILES string of the molecule is O=C(C(O)c1ccccc1)N1CC2=C(CNC2)C1. The minimum absolute atomic E-state index is 0.199. The summed E-state index contributed by atoms with van der Waals surface area (Å²) < 4.78 is 0. The number of rotatable bonds is 2. The van der Waals surface area contributed by atoms with Crippen molar-refractivity contribution < 1.29 is 9.90 Å². The van der Waals surface area contributed by atoms with E-state index in [1.54, 1.807) is 17.0 Å². The molecule has 1 atom stereocenters. The molecule has 0 bridgehead atoms. The van der Waals surface area contributed by atoms with Crippen LogP contribution in [0, 0.1) is 0 Å². The Balaban J connectivity index is 1.69. The van der Waals surface area contributed by atoms with Gasteiger partial charge >= 0.3 is 0 Å². The van der Waals surface area contributed by atoms with Gasteiger partial charge in [0.1, 0.15) is 0 Å². The molecule has 0 radical (unpaired) electrons. The number of nitrogens with zero attached hydrogens (tertiary/aromatic N) is 1. The molecule has 2 aliphatic rings. The van der Waals surface area contributed by atoms with E-state index in [9.17, 15) is 9.90 Å². The third kappa shape index (κ3) is 1.94. The van der Waals surface area contributed by atoms with Crippen molar-refractivity contribution in [3.05, 3.63) is 47.0 Å². The number of aliphatic hydroxyl groups excluding tert-OH is 1. The summed E-state index contributed by atoms with van der Waals surface area (Å²) in [5.74, 6) is -0.199. The lowest BCUT2D eigenvalue weighted by Crippen LogP contribution is -2.36. The van der Waals surface area contributed by atoms with Crippen LogP contribution in [0.1, 0.15) is 11.7 Å². The van der Waals surface area contributed by atoms with Gasteiger partial charge in [-0.15, -0.1) is 0 Å². The first kappa shape index (κ1) is 11.4. The van der Waals surface area contributed by atoms with Crippen LogP contribution in [0.4, 0.5) is 0 Å². The summed E-state index contributed by atoms with van der Waals surface area (Å²) in [4.78, 5) is 13.9. The predicted molar refractivity (Wildman–Crippen MR) is 67.9 cm³/mol. The molecule has 18 heavy (non-hydrogen) atoms. The minimum atomic E-state index is -1.04. The third-order valence-corrected chi connectivity index (χ3v) is 3.60. The molecule has 4 nitrogen and oxygen atoms in total. The first-order valence-electron chi connectivity index (χ1n) is 6.18. The quantitative estimate of drug-likeness (QED) is 0.743. The van der Waals surface area contributed by atoms with Crippen LogP contribution in [0.25, 0.3) is 0 Å². The fourth-order valence-corrected chi connectivity index (χ4v) is 2.57. The first-order valence-corrected chi connectivity index (χ1v) is 6.18. The van der Waals surface area contributed by atoms with Gasteiger partial charge in [0.15, 0.2) is 6.10 Å². The standard InChI is InChI=1S/C14H16N2O2/c17-13(10-4-2-1-3-5-10)14(18)16-8-11-6-15-7-12(11)9-16/h1-5,13,15,17H,6-9H2. The predicted octanol–water partition coefficient (Wildman–Crippen LogP) is 0.462. The van der Waals surface area contributed by atoms with Crippen LogP contribution in [0.15, 0.2) is 41.5 Å². The zero-order chi connectivity index (χ0) is 12.5. The van der Waals surface area contributed by atoms with Crippen molar-refractivity contribution in [1.29, 1.82) is 0 Å². The Hall–Kier alpha value is -1.65. The minimum Gasteiger partial charge on any atom is -0.378 e. The number of nitrogens with one attached hydrogen (secondary N) is 1. The van der Waals surface area contributed by atoms with E-state index in [-0.39, 0.29) is 5.91 Å². The van der Waals surface area contributed by atoms with Crippen molar-refractivity contribution >= 4 is 5.91 Å². The van der Waals surface area contributed by atoms with Crippen LogP contribution in [0.3, 0.4) is 0 Å². The van der Waals surface area contributed by atoms with Gasteiger partial charge in [-0.3, -0.25) is 4.79 Å². The van der Waals surface area contributed by atoms with Crippen molar-refractivity contribution in [2.45, 2.75) is 6.10 Å². The lowest BCUT2D eigenvalue weighted by Gasteiger charge is -2.21. The number of hydrogen-bond donors (Lipinski definition) is 2. The number of benzene rings is 1. The van der Waals surface area contributed by atoms with Crippen molar-refractivity contribution in [3.63, 3.8) is 0 Å². The molecular formula is C14H16N2O2. The zero-order valence-electron chi connectivity index (χ0n) is 10.1. The van der Waals surface area contributed by atoms with E-state index in [2.05, 4.69) is 5.32 Å². The molecule has 0 fully saturated rings. The average Bonchev–Trinajstić information content (AvgIpc) is 2.99. The highest BCUT2D eigenvalue weighted by molar-refractivity contribution is 5.83. The van der Waals surface area contributed by atoms with Gasteiger partial charge in [0.2, 0.25) is 0 Å². The topological polar surface area (TPSA) is 52.6 Å². The lowest BCUT2D eigenvalue weighted by molar-refractivity contribution is -0.139. The largest absolute Gasteiger partial charge is 0.378 e. The number of carbonyl (C=O) groups excluding carboxylic acids is 1. The van der Waals surface area contributed by atoms with Gasteiger partial charge < -0.3 is 15.3 Å². The Morgan fingerprint density at radius 2 is 1.78 bits per heavy atom. The summed E-state index contributed by atoms with van der Waals surface area (Å²) in [5, 5.41) is 13.4. The molecule has 0 saturated carbocycles. The van der Waals surface area contributed by atoms with Crippen molar-refractivity contribution in [2.75, 3.05) is 26.2 Å². The summed E-state index contributed by atoms with van der Waals surface area (Å²) in [6, 6.07) is 9.09. The van der Waals surface area contributed by atoms with E-state index in [0.717, 1.165) is 13.1 Å². The van der Waals surface area contributed by atoms with Crippen molar-refractivity contribution in [3.8, 4) is 0 Å². The van der Waals surface area contributed by atoms with Crippen LogP contribution >= 0.6 is 0 Å². The highest BCUT2D eigenvalue weighted by Gasteiger charge is 2.31. The molecule has 2 aliphatic heterocycles. The molecule has 1 amide bonds. The van der Waals surface area contributed by atoms with Gasteiger partial charge in [-0.1, -0.05) is 30.3 Å². The Morgan fingerprint density at radius 3 is 2.39 bits per heavy atom. The summed E-state index contributed by atoms with van der Waals surface area (Å²) in [6.45, 7) is 3.07. The van der Waals surface area contributed by atoms with Gasteiger partial charge in [-0.2, -0.15) is 0 Å². The molecule has 0 saturated heterocycles. The molecule has 1 unspecified atom stereocenters. The average molecular weight is 244 g/mol. The molecular weight excluding hydrogens is 228 g/mol. The van der Waals surface area contributed by atoms with E-state index < -0.39 is 6.10 Å². The second kappa shape index (κ2) is 4.55. The van der Waals surface area contributed by atoms with Gasteiger partial charge in [0.05, 0.1) is 0 Å². The second-order valence-electron chi connectivity index (χ2n) is 4.82. The Bertz CT molecular complexity index is 480. The van der Waals surface area contributed by atoms with E-state index in [0.29, 0.717) is 18.7 Å². The highest BCUT2D eigenvalue weighted by Crippen LogP contribution is 2.24. The molecule has 3 rings (SSSR count). The third-order valence-electron chi connectivity index (χ3n) is 3.60. The summed E-state index contributed by atoms with van der Waals surface area (Å²) in [7, 11) is 0. The fraction of sp³-hybridized carbons (Fsp3) is 0.357. The summed E-state index contributed by atoms with van der Waals surface area (Å²) in [5.41, 5.74) is 3.28. The van der Waals surface area contributed by atoms with Gasteiger partial charge in [0.25, 0.3) is 5.91 Å². The maximum atomic E-state index is 12.2. The molecule has 0 aromatic heterocycles. The Morgan fingerprint density at radius 1 is 1.17 bits per heavy atom. The normalized spacial score (nSPS) is 20.2. The monoisotopic (exact) mass is 244 g/mol. The van der Waals surface area contributed by atoms with Crippen LogP contribution < -0.4 is 5.32 Å². The van der Waals surface area contributed by atoms with E-state index in [4.69, 9.17) is 0 Å². The smallest absolute Gasteiger partial charge is 0.256 e. The lowest BCUT2D eigenvalue weighted by atomic mass is 10.1. The molecule has 1 aromatic rings. The summed E-state index contributed by atoms with van der Waals surface area (Å²) >= 11 is 0. The molecule has 2 N–H and O–H groups in total. The van der Waals surface area contributed by atoms with Crippen molar-refractivity contribution in [2.24, 2.45) is 0 Å². The summed E-state index contributed by atoms with van der Waals surface area (Å²) in [6.07, 6.45) is -1.04. The highest BCUT2D eigenvalue weighted by atomic mass is 16.3. The number of amides is 1. The van der Waals surface area contributed by atoms with Gasteiger partial charge in [0, 0.05) is 26.2 Å². The number of carbonyl (C=O) groups is 1. The first-order chi connectivity index (χ1) is 8.75. The fourth-order valence-electron chi connectivity index (χ4n) is 2.57.